The number of ether oxygens (including phenoxy) is 8. The second-order valence-electron chi connectivity index (χ2n) is 31.2. The summed E-state index contributed by atoms with van der Waals surface area (Å²) in [5, 5.41) is 45.7. The summed E-state index contributed by atoms with van der Waals surface area (Å²) in [7, 11) is -1.42. The average molecular weight is 1860 g/mol. The van der Waals surface area contributed by atoms with E-state index in [1.165, 1.54) is 24.0 Å². The molecule has 0 atom stereocenters. The number of benzene rings is 5. The first-order valence-electron chi connectivity index (χ1n) is 39.0. The number of aliphatic hydroxyl groups excluding tert-OH is 1. The molecule has 34 heteroatoms. The highest BCUT2D eigenvalue weighted by Gasteiger charge is 2.64. The summed E-state index contributed by atoms with van der Waals surface area (Å²) in [5.74, 6) is 1.39. The molecule has 15 rings (SSSR count). The predicted octanol–water partition coefficient (Wildman–Crippen LogP) is 18.2. The Morgan fingerprint density at radius 1 is 0.455 bits per heavy atom. The lowest BCUT2D eigenvalue weighted by atomic mass is 9.49. The molecule has 121 heavy (non-hydrogen) atoms. The molecule has 5 aromatic carbocycles. The van der Waals surface area contributed by atoms with Gasteiger partial charge in [-0.25, -0.2) is 24.3 Å². The summed E-state index contributed by atoms with van der Waals surface area (Å²) in [6.07, 6.45) is 10.2. The van der Waals surface area contributed by atoms with Gasteiger partial charge in [-0.2, -0.15) is 21.0 Å². The Balaban J connectivity index is 0.000000252. The topological polar surface area (TPSA) is 325 Å². The number of aromatic nitrogens is 4. The zero-order valence-corrected chi connectivity index (χ0v) is 74.2. The molecule has 2 aromatic heterocycles. The molecule has 0 radical (unpaired) electrons. The Hall–Kier alpha value is -7.31. The normalized spacial score (nSPS) is 19.0. The van der Waals surface area contributed by atoms with Crippen molar-refractivity contribution in [2.75, 3.05) is 89.8 Å². The maximum absolute atomic E-state index is 12.5. The number of aliphatic hydroxyl groups is 1. The van der Waals surface area contributed by atoms with E-state index in [0.717, 1.165) is 125 Å². The van der Waals surface area contributed by atoms with Crippen LogP contribution in [-0.2, 0) is 51.6 Å². The lowest BCUT2D eigenvalue weighted by molar-refractivity contribution is 0.00578. The van der Waals surface area contributed by atoms with Crippen LogP contribution >= 0.6 is 66.7 Å². The summed E-state index contributed by atoms with van der Waals surface area (Å²) < 4.78 is 94.0. The fraction of sp³-hybridized carbons (Fsp3) is 0.517. The summed E-state index contributed by atoms with van der Waals surface area (Å²) in [6, 6.07) is 40.3. The lowest BCUT2D eigenvalue weighted by Gasteiger charge is -2.32. The third-order valence-electron chi connectivity index (χ3n) is 21.0. The summed E-state index contributed by atoms with van der Waals surface area (Å²) in [5.41, 5.74) is 9.37. The largest absolute Gasteiger partial charge is 0.494 e. The number of halogens is 6. The van der Waals surface area contributed by atoms with Gasteiger partial charge in [0, 0.05) is 103 Å². The minimum absolute atomic E-state index is 0. The number of hydrogen-bond acceptors (Lipinski definition) is 25. The Labute approximate surface area is 747 Å². The van der Waals surface area contributed by atoms with Crippen molar-refractivity contribution in [3.05, 3.63) is 174 Å². The van der Waals surface area contributed by atoms with Gasteiger partial charge in [-0.1, -0.05) is 71.8 Å². The number of morpholine rings is 1. The minimum Gasteiger partial charge on any atom is -0.489 e. The number of hydrogen-bond donors (Lipinski definition) is 2. The highest BCUT2D eigenvalue weighted by atomic mass is 79.9. The quantitative estimate of drug-likeness (QED) is 0.0556. The highest BCUT2D eigenvalue weighted by molar-refractivity contribution is 9.10. The monoisotopic (exact) mass is 1850 g/mol. The zero-order chi connectivity index (χ0) is 85.9. The fourth-order valence-electron chi connectivity index (χ4n) is 11.9. The van der Waals surface area contributed by atoms with Crippen LogP contribution in [0.1, 0.15) is 179 Å². The molecule has 0 saturated carbocycles. The molecule has 8 fully saturated rings. The SMILES string of the molecule is C.C.C.CC1(C)OB(B2OC(C)(C)C(C)(C)O2)OC1(C)C.CC1(C)OB(c2ccc(OC3CCOCC3)c(C#N)c2)OC1(C)C.Clc1ccnc(Cl)n1.N#Cc1cc(-c2ccnc(Cl)n2)ccc1OC1CCOCC1.N#Cc1cc(Br)ccc1F.N#Cc1cc(Br)ccc1OC1CCOCC1.Nc1ccc(N2CCOCC2)cc1.OC1CCOCC1. The summed E-state index contributed by atoms with van der Waals surface area (Å²) >= 11 is 23.0. The third-order valence-corrected chi connectivity index (χ3v) is 22.5. The van der Waals surface area contributed by atoms with Gasteiger partial charge in [0.25, 0.3) is 0 Å². The van der Waals surface area contributed by atoms with Crippen LogP contribution in [0.25, 0.3) is 11.3 Å². The van der Waals surface area contributed by atoms with Gasteiger partial charge in [-0.05, 0) is 228 Å². The lowest BCUT2D eigenvalue weighted by Crippen LogP contribution is -2.41. The van der Waals surface area contributed by atoms with Crippen molar-refractivity contribution in [2.45, 2.75) is 215 Å². The van der Waals surface area contributed by atoms with Crippen molar-refractivity contribution < 1.29 is 75.3 Å². The first-order chi connectivity index (χ1) is 56.0. The molecule has 0 unspecified atom stereocenters. The van der Waals surface area contributed by atoms with Crippen LogP contribution < -0.4 is 30.3 Å². The molecule has 10 heterocycles. The summed E-state index contributed by atoms with van der Waals surface area (Å²) in [4.78, 5) is 17.5. The zero-order valence-electron chi connectivity index (χ0n) is 68.8. The second kappa shape index (κ2) is 49.4. The number of nitrogens with two attached hydrogens (primary N) is 1. The minimum atomic E-state index is -0.481. The fourth-order valence-corrected chi connectivity index (χ4v) is 13.1. The Bertz CT molecular complexity index is 4440. The van der Waals surface area contributed by atoms with E-state index in [1.807, 2.05) is 126 Å². The van der Waals surface area contributed by atoms with Gasteiger partial charge in [0.2, 0.25) is 10.6 Å². The number of nitrogen functional groups attached to an aromatic ring is 1. The van der Waals surface area contributed by atoms with E-state index < -0.39 is 38.2 Å². The van der Waals surface area contributed by atoms with E-state index >= 15 is 0 Å². The number of nitriles is 4. The molecule has 3 N–H and O–H groups in total. The molecular weight excluding hydrogens is 1740 g/mol. The predicted molar refractivity (Wildman–Crippen MR) is 480 cm³/mol. The van der Waals surface area contributed by atoms with Crippen LogP contribution in [0.15, 0.2) is 131 Å². The molecule has 0 bridgehead atoms. The Morgan fingerprint density at radius 2 is 0.818 bits per heavy atom. The first kappa shape index (κ1) is 104. The second-order valence-corrected chi connectivity index (χ2v) is 34.1. The van der Waals surface area contributed by atoms with Gasteiger partial charge in [-0.15, -0.1) is 0 Å². The number of rotatable bonds is 10. The van der Waals surface area contributed by atoms with Crippen LogP contribution in [0, 0.1) is 51.1 Å². The van der Waals surface area contributed by atoms with Crippen molar-refractivity contribution in [2.24, 2.45) is 0 Å². The first-order valence-corrected chi connectivity index (χ1v) is 41.8. The van der Waals surface area contributed by atoms with Gasteiger partial charge < -0.3 is 81.6 Å². The summed E-state index contributed by atoms with van der Waals surface area (Å²) in [6.45, 7) is 33.6. The molecule has 0 aliphatic carbocycles. The molecule has 8 saturated heterocycles. The number of anilines is 2. The van der Waals surface area contributed by atoms with E-state index in [0.29, 0.717) is 75.7 Å². The standard InChI is InChI=1S/C18H24BNO4.C16H14ClN3O2.C12H24B2O4.C12H12BrNO2.C10H14N2O.C7H3BrFN.C5H10O2.C4H2Cl2N2.3CH4/c1-17(2)18(3,4)24-19(23-17)14-5-6-16(13(11-14)12-20)22-15-7-9-21-10-8-15;17-16-19-6-3-14(20-16)11-1-2-15(12(9-11)10-18)22-13-4-7-21-8-5-13;1-9(2)10(3,4)16-13(15-9)14-17-11(5,6)12(7,8)18-14;13-10-1-2-12(9(7-10)8-14)16-11-3-5-15-6-4-11;11-9-1-3-10(4-2-9)12-5-7-13-8-6-12;8-6-1-2-7(9)5(3-6)4-10;6-5-1-3-7-4-2-5;5-3-1-2-7-4(6)8-3;;;/h5-6,11,15H,7-10H2,1-4H3;1-3,6,9,13H,4-5,7-8H2;1-8H3;1-2,7,11H,3-6H2;1-4H,5-8,11H2;1-3H;5-6H,1-4H2;1-2H;3*1H4. The maximum Gasteiger partial charge on any atom is 0.494 e. The average Bonchev–Trinajstić information content (AvgIpc) is 1.61. The molecule has 7 aromatic rings. The van der Waals surface area contributed by atoms with Crippen LogP contribution in [0.5, 0.6) is 17.2 Å². The van der Waals surface area contributed by atoms with Crippen molar-refractivity contribution >= 4 is 105 Å². The molecule has 8 aliphatic heterocycles. The van der Waals surface area contributed by atoms with Crippen molar-refractivity contribution in [1.82, 2.24) is 19.9 Å². The van der Waals surface area contributed by atoms with Crippen LogP contribution in [-0.4, -0.2) is 183 Å². The van der Waals surface area contributed by atoms with Gasteiger partial charge in [0.05, 0.1) is 121 Å². The van der Waals surface area contributed by atoms with E-state index in [2.05, 4.69) is 87.0 Å². The van der Waals surface area contributed by atoms with Gasteiger partial charge in [0.1, 0.15) is 70.8 Å². The van der Waals surface area contributed by atoms with Crippen molar-refractivity contribution in [3.63, 3.8) is 0 Å². The van der Waals surface area contributed by atoms with Gasteiger partial charge in [0.15, 0.2) is 0 Å². The number of nitrogens with zero attached hydrogens (tertiary/aromatic N) is 9. The van der Waals surface area contributed by atoms with Gasteiger partial charge in [-0.3, -0.25) is 0 Å². The van der Waals surface area contributed by atoms with Crippen LogP contribution in [0.2, 0.25) is 15.7 Å². The van der Waals surface area contributed by atoms with Crippen molar-refractivity contribution in [1.29, 1.82) is 21.0 Å². The molecule has 0 amide bonds. The molecule has 25 nitrogen and oxygen atoms in total. The third kappa shape index (κ3) is 32.0. The molecule has 654 valence electrons. The van der Waals surface area contributed by atoms with Crippen LogP contribution in [0.4, 0.5) is 15.8 Å². The van der Waals surface area contributed by atoms with E-state index in [4.69, 9.17) is 122 Å². The highest BCUT2D eigenvalue weighted by Crippen LogP contribution is 2.44. The molecule has 0 spiro atoms. The Kier molecular flexibility index (Phi) is 42.6. The van der Waals surface area contributed by atoms with Crippen LogP contribution in [0.3, 0.4) is 0 Å². The molecular formula is C87H115B3Br2Cl3FN10O15. The Morgan fingerprint density at radius 3 is 1.21 bits per heavy atom. The van der Waals surface area contributed by atoms with E-state index in [-0.39, 0.29) is 85.2 Å². The van der Waals surface area contributed by atoms with Crippen molar-refractivity contribution in [3.8, 4) is 52.8 Å². The molecule has 8 aliphatic rings. The van der Waals surface area contributed by atoms with Gasteiger partial charge >= 0.3 is 21.1 Å². The smallest absolute Gasteiger partial charge is 0.489 e. The maximum atomic E-state index is 12.5. The van der Waals surface area contributed by atoms with E-state index in [1.54, 1.807) is 54.7 Å². The van der Waals surface area contributed by atoms with E-state index in [9.17, 15) is 14.9 Å².